The van der Waals surface area contributed by atoms with Gasteiger partial charge in [0.25, 0.3) is 0 Å². The number of carbonyl (C=O) groups is 1. The van der Waals surface area contributed by atoms with Crippen molar-refractivity contribution >= 4 is 16.6 Å². The summed E-state index contributed by atoms with van der Waals surface area (Å²) in [5.41, 5.74) is 0.432. The normalized spacial score (nSPS) is 11.7. The van der Waals surface area contributed by atoms with Crippen molar-refractivity contribution in [1.29, 1.82) is 0 Å². The Balaban J connectivity index is 2.40. The number of Topliss-reactive ketones (excluding diaryl/α,β-unsaturated/α-hetero) is 1. The van der Waals surface area contributed by atoms with Gasteiger partial charge in [-0.1, -0.05) is 45.0 Å². The zero-order valence-corrected chi connectivity index (χ0v) is 10.4. The van der Waals surface area contributed by atoms with Gasteiger partial charge in [-0.15, -0.1) is 0 Å². The van der Waals surface area contributed by atoms with E-state index >= 15 is 0 Å². The number of fused-ring (bicyclic) bond motifs is 1. The van der Waals surface area contributed by atoms with Crippen LogP contribution in [0.5, 0.6) is 0 Å². The molecule has 0 saturated heterocycles. The summed E-state index contributed by atoms with van der Waals surface area (Å²) in [5, 5.41) is 10.1. The first kappa shape index (κ1) is 11.7. The molecular weight excluding hydrogens is 212 g/mol. The van der Waals surface area contributed by atoms with Gasteiger partial charge < -0.3 is 0 Å². The van der Waals surface area contributed by atoms with Crippen molar-refractivity contribution < 1.29 is 4.79 Å². The smallest absolute Gasteiger partial charge is 0.144 e. The second-order valence-electron chi connectivity index (χ2n) is 5.23. The predicted octanol–water partition coefficient (Wildman–Crippen LogP) is 2.79. The van der Waals surface area contributed by atoms with Crippen LogP contribution in [0.4, 0.5) is 0 Å². The fourth-order valence-corrected chi connectivity index (χ4v) is 1.63. The molecule has 1 heterocycles. The van der Waals surface area contributed by atoms with Crippen LogP contribution in [0.25, 0.3) is 10.8 Å². The summed E-state index contributed by atoms with van der Waals surface area (Å²) < 4.78 is 0. The topological polar surface area (TPSA) is 42.9 Å². The van der Waals surface area contributed by atoms with E-state index in [1.807, 2.05) is 45.0 Å². The molecule has 0 unspecified atom stereocenters. The van der Waals surface area contributed by atoms with E-state index in [-0.39, 0.29) is 11.2 Å². The Hall–Kier alpha value is -1.77. The third-order valence-electron chi connectivity index (χ3n) is 2.81. The Kier molecular flexibility index (Phi) is 2.92. The zero-order valence-electron chi connectivity index (χ0n) is 10.4. The Bertz CT molecular complexity index is 550. The number of ketones is 1. The molecule has 0 aliphatic heterocycles. The van der Waals surface area contributed by atoms with E-state index < -0.39 is 0 Å². The van der Waals surface area contributed by atoms with E-state index in [2.05, 4.69) is 10.2 Å². The lowest BCUT2D eigenvalue weighted by Gasteiger charge is -2.16. The van der Waals surface area contributed by atoms with Gasteiger partial charge in [0.05, 0.1) is 18.3 Å². The number of carbonyl (C=O) groups excluding carboxylic acids is 1. The Morgan fingerprint density at radius 2 is 1.94 bits per heavy atom. The summed E-state index contributed by atoms with van der Waals surface area (Å²) in [7, 11) is 0. The van der Waals surface area contributed by atoms with Gasteiger partial charge in [-0.2, -0.15) is 10.2 Å². The zero-order chi connectivity index (χ0) is 12.5. The molecule has 1 aromatic carbocycles. The number of nitrogens with zero attached hydrogens (tertiary/aromatic N) is 2. The van der Waals surface area contributed by atoms with Crippen LogP contribution in [0.3, 0.4) is 0 Å². The second-order valence-corrected chi connectivity index (χ2v) is 5.23. The minimum Gasteiger partial charge on any atom is -0.299 e. The molecular formula is C14H16N2O. The molecule has 3 nitrogen and oxygen atoms in total. The Morgan fingerprint density at radius 3 is 2.65 bits per heavy atom. The molecule has 0 aliphatic rings. The average Bonchev–Trinajstić information content (AvgIpc) is 2.28. The fraction of sp³-hybridized carbons (Fsp3) is 0.357. The maximum Gasteiger partial charge on any atom is 0.144 e. The van der Waals surface area contributed by atoms with Crippen LogP contribution in [-0.2, 0) is 11.2 Å². The lowest BCUT2D eigenvalue weighted by atomic mass is 9.87. The van der Waals surface area contributed by atoms with Crippen molar-refractivity contribution in [2.45, 2.75) is 27.2 Å². The van der Waals surface area contributed by atoms with Gasteiger partial charge in [-0.25, -0.2) is 0 Å². The maximum atomic E-state index is 12.0. The number of hydrogen-bond acceptors (Lipinski definition) is 3. The number of rotatable bonds is 2. The maximum absolute atomic E-state index is 12.0. The van der Waals surface area contributed by atoms with Crippen LogP contribution in [0.2, 0.25) is 0 Å². The third-order valence-corrected chi connectivity index (χ3v) is 2.81. The summed E-state index contributed by atoms with van der Waals surface area (Å²) in [4.78, 5) is 12.0. The first-order chi connectivity index (χ1) is 7.98. The van der Waals surface area contributed by atoms with Crippen molar-refractivity contribution in [2.75, 3.05) is 0 Å². The number of benzene rings is 1. The van der Waals surface area contributed by atoms with E-state index in [1.165, 1.54) is 0 Å². The largest absolute Gasteiger partial charge is 0.299 e. The molecule has 2 aromatic rings. The number of hydrogen-bond donors (Lipinski definition) is 0. The second kappa shape index (κ2) is 4.24. The van der Waals surface area contributed by atoms with Crippen LogP contribution in [0.1, 0.15) is 26.5 Å². The SMILES string of the molecule is CC(C)(C)C(=O)Cc1nncc2ccccc12. The molecule has 17 heavy (non-hydrogen) atoms. The van der Waals surface area contributed by atoms with Crippen LogP contribution < -0.4 is 0 Å². The van der Waals surface area contributed by atoms with Gasteiger partial charge in [-0.3, -0.25) is 4.79 Å². The van der Waals surface area contributed by atoms with E-state index in [4.69, 9.17) is 0 Å². The van der Waals surface area contributed by atoms with E-state index in [1.54, 1.807) is 6.20 Å². The molecule has 0 amide bonds. The van der Waals surface area contributed by atoms with E-state index in [9.17, 15) is 4.79 Å². The van der Waals surface area contributed by atoms with Crippen LogP contribution >= 0.6 is 0 Å². The summed E-state index contributed by atoms with van der Waals surface area (Å²) in [6.45, 7) is 5.77. The highest BCUT2D eigenvalue weighted by molar-refractivity contribution is 5.91. The molecule has 0 atom stereocenters. The molecule has 0 fully saturated rings. The quantitative estimate of drug-likeness (QED) is 0.793. The summed E-state index contributed by atoms with van der Waals surface area (Å²) >= 11 is 0. The lowest BCUT2D eigenvalue weighted by Crippen LogP contribution is -2.22. The highest BCUT2D eigenvalue weighted by Crippen LogP contribution is 2.21. The van der Waals surface area contributed by atoms with E-state index in [0.717, 1.165) is 16.5 Å². The highest BCUT2D eigenvalue weighted by atomic mass is 16.1. The molecule has 0 N–H and O–H groups in total. The molecule has 0 spiro atoms. The van der Waals surface area contributed by atoms with Crippen LogP contribution in [-0.4, -0.2) is 16.0 Å². The standard InChI is InChI=1S/C14H16N2O/c1-14(2,3)13(17)8-12-11-7-5-4-6-10(11)9-15-16-12/h4-7,9H,8H2,1-3H3. The van der Waals surface area contributed by atoms with Gasteiger partial charge in [0.15, 0.2) is 0 Å². The minimum atomic E-state index is -0.335. The molecule has 2 rings (SSSR count). The minimum absolute atomic E-state index is 0.183. The van der Waals surface area contributed by atoms with Gasteiger partial charge in [0.1, 0.15) is 5.78 Å². The highest BCUT2D eigenvalue weighted by Gasteiger charge is 2.22. The van der Waals surface area contributed by atoms with Gasteiger partial charge >= 0.3 is 0 Å². The summed E-state index contributed by atoms with van der Waals surface area (Å²) in [5.74, 6) is 0.183. The Labute approximate surface area is 101 Å². The van der Waals surface area contributed by atoms with E-state index in [0.29, 0.717) is 6.42 Å². The molecule has 1 aromatic heterocycles. The molecule has 0 aliphatic carbocycles. The molecule has 0 bridgehead atoms. The van der Waals surface area contributed by atoms with Gasteiger partial charge in [0.2, 0.25) is 0 Å². The summed E-state index contributed by atoms with van der Waals surface area (Å²) in [6.07, 6.45) is 2.07. The first-order valence-corrected chi connectivity index (χ1v) is 5.71. The Morgan fingerprint density at radius 1 is 1.24 bits per heavy atom. The fourth-order valence-electron chi connectivity index (χ4n) is 1.63. The van der Waals surface area contributed by atoms with Crippen molar-refractivity contribution in [3.8, 4) is 0 Å². The first-order valence-electron chi connectivity index (χ1n) is 5.71. The third kappa shape index (κ3) is 2.49. The van der Waals surface area contributed by atoms with Crippen LogP contribution in [0.15, 0.2) is 30.5 Å². The van der Waals surface area contributed by atoms with Crippen molar-refractivity contribution in [1.82, 2.24) is 10.2 Å². The van der Waals surface area contributed by atoms with Crippen molar-refractivity contribution in [2.24, 2.45) is 5.41 Å². The van der Waals surface area contributed by atoms with Crippen LogP contribution in [0, 0.1) is 5.41 Å². The lowest BCUT2D eigenvalue weighted by molar-refractivity contribution is -0.125. The molecule has 3 heteroatoms. The van der Waals surface area contributed by atoms with Crippen molar-refractivity contribution in [3.63, 3.8) is 0 Å². The summed E-state index contributed by atoms with van der Waals surface area (Å²) in [6, 6.07) is 7.87. The number of aromatic nitrogens is 2. The molecule has 88 valence electrons. The monoisotopic (exact) mass is 228 g/mol. The molecule has 0 saturated carbocycles. The average molecular weight is 228 g/mol. The van der Waals surface area contributed by atoms with Gasteiger partial charge in [-0.05, 0) is 0 Å². The molecule has 0 radical (unpaired) electrons. The van der Waals surface area contributed by atoms with Gasteiger partial charge in [0, 0.05) is 16.2 Å². The predicted molar refractivity (Wildman–Crippen MR) is 67.7 cm³/mol. The van der Waals surface area contributed by atoms with Crippen molar-refractivity contribution in [3.05, 3.63) is 36.2 Å².